The number of nitrogens with one attached hydrogen (secondary N) is 3. The SMILES string of the molecule is CCc1cc(CNC[C@H](O)[C@H](CNC(=O)c2cc3c4c(cn(CC)c4c2)CCSN3)Cc2ccccc2)on1. The van der Waals surface area contributed by atoms with Crippen LogP contribution in [0.1, 0.15) is 46.8 Å². The Balaban J connectivity index is 1.28. The van der Waals surface area contributed by atoms with E-state index in [4.69, 9.17) is 4.52 Å². The molecule has 0 radical (unpaired) electrons. The second-order valence-corrected chi connectivity index (χ2v) is 11.0. The predicted molar refractivity (Wildman–Crippen MR) is 157 cm³/mol. The van der Waals surface area contributed by atoms with Crippen LogP contribution in [0.2, 0.25) is 0 Å². The third kappa shape index (κ3) is 6.49. The highest BCUT2D eigenvalue weighted by atomic mass is 32.2. The van der Waals surface area contributed by atoms with Gasteiger partial charge in [-0.3, -0.25) is 4.79 Å². The van der Waals surface area contributed by atoms with E-state index < -0.39 is 6.10 Å². The van der Waals surface area contributed by atoms with Crippen molar-refractivity contribution in [3.63, 3.8) is 0 Å². The number of hydrogen-bond acceptors (Lipinski definition) is 7. The molecule has 3 heterocycles. The van der Waals surface area contributed by atoms with Crippen molar-refractivity contribution in [3.8, 4) is 0 Å². The minimum absolute atomic E-state index is 0.137. The van der Waals surface area contributed by atoms with Crippen LogP contribution < -0.4 is 15.4 Å². The normalized spacial score (nSPS) is 14.5. The summed E-state index contributed by atoms with van der Waals surface area (Å²) >= 11 is 1.67. The summed E-state index contributed by atoms with van der Waals surface area (Å²) in [7, 11) is 0. The van der Waals surface area contributed by atoms with Crippen LogP contribution >= 0.6 is 11.9 Å². The van der Waals surface area contributed by atoms with E-state index in [1.807, 2.05) is 43.3 Å². The van der Waals surface area contributed by atoms with Crippen LogP contribution in [0.15, 0.2) is 59.3 Å². The summed E-state index contributed by atoms with van der Waals surface area (Å²) in [6.45, 7) is 6.22. The number of aliphatic hydroxyl groups is 1. The molecule has 2 atom stereocenters. The van der Waals surface area contributed by atoms with Gasteiger partial charge in [0, 0.05) is 54.5 Å². The van der Waals surface area contributed by atoms with Gasteiger partial charge in [0.2, 0.25) is 0 Å². The third-order valence-corrected chi connectivity index (χ3v) is 8.12. The molecule has 0 unspecified atom stereocenters. The van der Waals surface area contributed by atoms with Crippen molar-refractivity contribution in [3.05, 3.63) is 82.9 Å². The monoisotopic (exact) mass is 547 g/mol. The zero-order chi connectivity index (χ0) is 27.2. The van der Waals surface area contributed by atoms with E-state index in [-0.39, 0.29) is 11.8 Å². The summed E-state index contributed by atoms with van der Waals surface area (Å²) in [5.74, 6) is 1.42. The Bertz CT molecular complexity index is 1400. The van der Waals surface area contributed by atoms with Gasteiger partial charge in [0.25, 0.3) is 5.91 Å². The van der Waals surface area contributed by atoms with Crippen molar-refractivity contribution in [1.82, 2.24) is 20.4 Å². The summed E-state index contributed by atoms with van der Waals surface area (Å²) < 4.78 is 11.0. The van der Waals surface area contributed by atoms with Crippen molar-refractivity contribution in [2.24, 2.45) is 5.92 Å². The molecule has 2 aromatic carbocycles. The number of carbonyl (C=O) groups excluding carboxylic acids is 1. The zero-order valence-electron chi connectivity index (χ0n) is 22.6. The Kier molecular flexibility index (Phi) is 8.91. The maximum atomic E-state index is 13.4. The van der Waals surface area contributed by atoms with Crippen molar-refractivity contribution >= 4 is 34.4 Å². The lowest BCUT2D eigenvalue weighted by Crippen LogP contribution is -2.40. The minimum Gasteiger partial charge on any atom is -0.391 e. The lowest BCUT2D eigenvalue weighted by atomic mass is 9.93. The molecule has 4 N–H and O–H groups in total. The molecule has 1 amide bonds. The molecule has 1 aliphatic heterocycles. The molecule has 39 heavy (non-hydrogen) atoms. The maximum absolute atomic E-state index is 13.4. The van der Waals surface area contributed by atoms with Crippen LogP contribution in [-0.2, 0) is 32.4 Å². The molecule has 0 bridgehead atoms. The molecule has 9 heteroatoms. The molecule has 0 aliphatic carbocycles. The van der Waals surface area contributed by atoms with E-state index in [2.05, 4.69) is 50.3 Å². The van der Waals surface area contributed by atoms with Crippen molar-refractivity contribution in [1.29, 1.82) is 0 Å². The number of aryl methyl sites for hydroxylation is 3. The predicted octanol–water partition coefficient (Wildman–Crippen LogP) is 4.57. The van der Waals surface area contributed by atoms with Gasteiger partial charge in [-0.05, 0) is 49.4 Å². The molecular formula is C30H37N5O3S. The molecule has 0 fully saturated rings. The largest absolute Gasteiger partial charge is 0.391 e. The summed E-state index contributed by atoms with van der Waals surface area (Å²) in [4.78, 5) is 13.4. The van der Waals surface area contributed by atoms with Gasteiger partial charge in [-0.1, -0.05) is 54.4 Å². The molecule has 0 spiro atoms. The summed E-state index contributed by atoms with van der Waals surface area (Å²) in [5.41, 5.74) is 6.04. The number of hydrogen-bond donors (Lipinski definition) is 4. The Morgan fingerprint density at radius 2 is 2.05 bits per heavy atom. The van der Waals surface area contributed by atoms with Crippen LogP contribution in [-0.4, -0.2) is 45.7 Å². The summed E-state index contributed by atoms with van der Waals surface area (Å²) in [5, 5.41) is 22.8. The van der Waals surface area contributed by atoms with Gasteiger partial charge in [0.1, 0.15) is 0 Å². The maximum Gasteiger partial charge on any atom is 0.251 e. The molecular weight excluding hydrogens is 510 g/mol. The van der Waals surface area contributed by atoms with Gasteiger partial charge in [0.05, 0.1) is 29.5 Å². The number of rotatable bonds is 12. The summed E-state index contributed by atoms with van der Waals surface area (Å²) in [6, 6.07) is 15.9. The Labute approximate surface area is 233 Å². The van der Waals surface area contributed by atoms with Crippen LogP contribution in [0, 0.1) is 5.92 Å². The van der Waals surface area contributed by atoms with E-state index >= 15 is 0 Å². The first kappa shape index (κ1) is 27.3. The van der Waals surface area contributed by atoms with Gasteiger partial charge in [-0.2, -0.15) is 0 Å². The molecule has 2 aromatic heterocycles. The fraction of sp³-hybridized carbons (Fsp3) is 0.400. The quantitative estimate of drug-likeness (QED) is 0.193. The van der Waals surface area contributed by atoms with Gasteiger partial charge in [-0.25, -0.2) is 0 Å². The summed E-state index contributed by atoms with van der Waals surface area (Å²) in [6.07, 6.45) is 4.02. The van der Waals surface area contributed by atoms with Gasteiger partial charge < -0.3 is 29.6 Å². The van der Waals surface area contributed by atoms with Crippen LogP contribution in [0.5, 0.6) is 0 Å². The minimum atomic E-state index is -0.663. The van der Waals surface area contributed by atoms with Gasteiger partial charge in [-0.15, -0.1) is 0 Å². The lowest BCUT2D eigenvalue weighted by Gasteiger charge is -2.24. The Morgan fingerprint density at radius 1 is 1.21 bits per heavy atom. The third-order valence-electron chi connectivity index (χ3n) is 7.35. The van der Waals surface area contributed by atoms with E-state index in [0.29, 0.717) is 31.6 Å². The van der Waals surface area contributed by atoms with Crippen LogP contribution in [0.25, 0.3) is 10.9 Å². The van der Waals surface area contributed by atoms with Crippen LogP contribution in [0.4, 0.5) is 5.69 Å². The number of anilines is 1. The van der Waals surface area contributed by atoms with E-state index in [1.165, 1.54) is 10.9 Å². The highest BCUT2D eigenvalue weighted by Gasteiger charge is 2.23. The standard InChI is InChI=1S/C30H37N5O3S/c1-3-24-15-25(38-33-24)17-31-18-28(36)23(12-20-8-6-5-7-9-20)16-32-30(37)22-13-26-29-21(10-11-39-34-26)19-35(4-2)27(29)14-22/h5-9,13-15,19,23,28,31,34,36H,3-4,10-12,16-18H2,1-2H3,(H,32,37)/t23-,28-/m0/s1. The molecule has 206 valence electrons. The fourth-order valence-corrected chi connectivity index (χ4v) is 5.91. The Morgan fingerprint density at radius 3 is 2.82 bits per heavy atom. The van der Waals surface area contributed by atoms with Crippen molar-refractivity contribution in [2.45, 2.75) is 52.3 Å². The number of amides is 1. The second-order valence-electron chi connectivity index (χ2n) is 10.1. The molecule has 1 aliphatic rings. The number of aromatic nitrogens is 2. The van der Waals surface area contributed by atoms with Crippen molar-refractivity contribution in [2.75, 3.05) is 23.6 Å². The van der Waals surface area contributed by atoms with E-state index in [9.17, 15) is 9.90 Å². The molecule has 5 rings (SSSR count). The topological polar surface area (TPSA) is 104 Å². The second kappa shape index (κ2) is 12.7. The number of benzene rings is 2. The number of carbonyl (C=O) groups is 1. The lowest BCUT2D eigenvalue weighted by molar-refractivity contribution is 0.0868. The van der Waals surface area contributed by atoms with E-state index in [1.54, 1.807) is 11.9 Å². The first-order chi connectivity index (χ1) is 19.1. The van der Waals surface area contributed by atoms with Crippen molar-refractivity contribution < 1.29 is 14.4 Å². The van der Waals surface area contributed by atoms with Crippen LogP contribution in [0.3, 0.4) is 0 Å². The average molecular weight is 548 g/mol. The van der Waals surface area contributed by atoms with Gasteiger partial charge in [0.15, 0.2) is 5.76 Å². The highest BCUT2D eigenvalue weighted by molar-refractivity contribution is 8.00. The molecule has 0 saturated carbocycles. The molecule has 0 saturated heterocycles. The highest BCUT2D eigenvalue weighted by Crippen LogP contribution is 2.35. The molecule has 8 nitrogen and oxygen atoms in total. The van der Waals surface area contributed by atoms with Gasteiger partial charge >= 0.3 is 0 Å². The Hall–Kier alpha value is -3.27. The fourth-order valence-electron chi connectivity index (χ4n) is 5.17. The first-order valence-electron chi connectivity index (χ1n) is 13.7. The number of aliphatic hydroxyl groups excluding tert-OH is 1. The number of nitrogens with zero attached hydrogens (tertiary/aromatic N) is 2. The zero-order valence-corrected chi connectivity index (χ0v) is 23.4. The average Bonchev–Trinajstić information content (AvgIpc) is 3.51. The molecule has 4 aromatic rings. The smallest absolute Gasteiger partial charge is 0.251 e. The van der Waals surface area contributed by atoms with E-state index in [0.717, 1.165) is 53.4 Å². The first-order valence-corrected chi connectivity index (χ1v) is 14.7.